The third-order valence-electron chi connectivity index (χ3n) is 4.14. The predicted octanol–water partition coefficient (Wildman–Crippen LogP) is -0.924. The molecule has 1 aromatic carbocycles. The van der Waals surface area contributed by atoms with Gasteiger partial charge in [0.1, 0.15) is 5.02 Å². The minimum Gasteiger partial charge on any atom is -0.365 e. The van der Waals surface area contributed by atoms with Crippen LogP contribution in [0.25, 0.3) is 5.69 Å². The third-order valence-corrected chi connectivity index (χ3v) is 4.49. The molecule has 8 heteroatoms. The second kappa shape index (κ2) is 7.02. The standard InChI is InChI=1S/C16H18ClN5O2/c17-15-13(21-8-6-20(7-9-21)11-14(18)23)10-19-22(16(15)24)12-4-2-1-3-5-12/h1-5,10H,6-9,11H2,(H2,18,23)/p+1. The second-order valence-electron chi connectivity index (χ2n) is 5.78. The Labute approximate surface area is 144 Å². The molecule has 1 fully saturated rings. The number of quaternary nitrogens is 1. The van der Waals surface area contributed by atoms with Crippen LogP contribution in [-0.2, 0) is 4.79 Å². The molecule has 1 aromatic heterocycles. The van der Waals surface area contributed by atoms with Crippen LogP contribution in [0.15, 0.2) is 41.3 Å². The number of hydrogen-bond donors (Lipinski definition) is 2. The van der Waals surface area contributed by atoms with E-state index in [-0.39, 0.29) is 16.5 Å². The predicted molar refractivity (Wildman–Crippen MR) is 91.8 cm³/mol. The highest BCUT2D eigenvalue weighted by molar-refractivity contribution is 6.33. The number of rotatable bonds is 4. The average Bonchev–Trinajstić information content (AvgIpc) is 2.58. The molecule has 126 valence electrons. The third kappa shape index (κ3) is 3.42. The number of amides is 1. The van der Waals surface area contributed by atoms with Gasteiger partial charge in [0.25, 0.3) is 11.5 Å². The lowest BCUT2D eigenvalue weighted by molar-refractivity contribution is -0.892. The van der Waals surface area contributed by atoms with Gasteiger partial charge in [0.05, 0.1) is 43.8 Å². The number of benzene rings is 1. The maximum atomic E-state index is 12.5. The fraction of sp³-hybridized carbons (Fsp3) is 0.312. The van der Waals surface area contributed by atoms with Gasteiger partial charge < -0.3 is 15.5 Å². The van der Waals surface area contributed by atoms with E-state index in [0.29, 0.717) is 31.0 Å². The van der Waals surface area contributed by atoms with Crippen molar-refractivity contribution in [3.05, 3.63) is 51.9 Å². The number of para-hydroxylation sites is 1. The van der Waals surface area contributed by atoms with E-state index in [4.69, 9.17) is 17.3 Å². The molecule has 1 aliphatic heterocycles. The van der Waals surface area contributed by atoms with Crippen molar-refractivity contribution in [1.82, 2.24) is 9.78 Å². The quantitative estimate of drug-likeness (QED) is 0.748. The summed E-state index contributed by atoms with van der Waals surface area (Å²) >= 11 is 6.31. The van der Waals surface area contributed by atoms with Crippen molar-refractivity contribution >= 4 is 23.2 Å². The molecule has 1 aliphatic rings. The lowest BCUT2D eigenvalue weighted by Crippen LogP contribution is -3.15. The van der Waals surface area contributed by atoms with Crippen LogP contribution in [-0.4, -0.2) is 48.4 Å². The molecule has 1 saturated heterocycles. The van der Waals surface area contributed by atoms with E-state index in [9.17, 15) is 9.59 Å². The molecule has 0 saturated carbocycles. The number of nitrogens with one attached hydrogen (secondary N) is 1. The fourth-order valence-corrected chi connectivity index (χ4v) is 3.13. The Hall–Kier alpha value is -2.38. The molecule has 2 aromatic rings. The molecule has 0 unspecified atom stereocenters. The van der Waals surface area contributed by atoms with Crippen LogP contribution >= 0.6 is 11.6 Å². The van der Waals surface area contributed by atoms with Crippen molar-refractivity contribution in [3.8, 4) is 5.69 Å². The first-order valence-corrected chi connectivity index (χ1v) is 8.14. The van der Waals surface area contributed by atoms with Crippen molar-refractivity contribution < 1.29 is 9.69 Å². The van der Waals surface area contributed by atoms with Gasteiger partial charge in [-0.15, -0.1) is 0 Å². The molecule has 24 heavy (non-hydrogen) atoms. The highest BCUT2D eigenvalue weighted by Gasteiger charge is 2.24. The van der Waals surface area contributed by atoms with Crippen LogP contribution in [0.4, 0.5) is 5.69 Å². The normalized spacial score (nSPS) is 15.5. The minimum atomic E-state index is -0.340. The number of hydrogen-bond acceptors (Lipinski definition) is 4. The van der Waals surface area contributed by atoms with Crippen molar-refractivity contribution in [3.63, 3.8) is 0 Å². The van der Waals surface area contributed by atoms with Gasteiger partial charge in [-0.05, 0) is 12.1 Å². The fourth-order valence-electron chi connectivity index (χ4n) is 2.88. The summed E-state index contributed by atoms with van der Waals surface area (Å²) in [5.74, 6) is -0.302. The summed E-state index contributed by atoms with van der Waals surface area (Å²) in [6.45, 7) is 3.25. The van der Waals surface area contributed by atoms with Crippen LogP contribution < -0.4 is 21.1 Å². The smallest absolute Gasteiger partial charge is 0.292 e. The van der Waals surface area contributed by atoms with E-state index in [2.05, 4.69) is 5.10 Å². The summed E-state index contributed by atoms with van der Waals surface area (Å²) in [5.41, 5.74) is 6.20. The molecular weight excluding hydrogens is 330 g/mol. The van der Waals surface area contributed by atoms with Gasteiger partial charge in [-0.25, -0.2) is 0 Å². The molecule has 2 heterocycles. The Balaban J connectivity index is 1.80. The molecule has 7 nitrogen and oxygen atoms in total. The Morgan fingerprint density at radius 3 is 2.54 bits per heavy atom. The maximum absolute atomic E-state index is 12.5. The van der Waals surface area contributed by atoms with E-state index < -0.39 is 0 Å². The first-order chi connectivity index (χ1) is 11.6. The number of aromatic nitrogens is 2. The summed E-state index contributed by atoms with van der Waals surface area (Å²) in [6, 6.07) is 9.16. The molecule has 0 spiro atoms. The second-order valence-corrected chi connectivity index (χ2v) is 6.15. The summed E-state index contributed by atoms with van der Waals surface area (Å²) < 4.78 is 1.29. The van der Waals surface area contributed by atoms with E-state index in [1.807, 2.05) is 23.1 Å². The van der Waals surface area contributed by atoms with Crippen molar-refractivity contribution in [2.24, 2.45) is 5.73 Å². The maximum Gasteiger partial charge on any atom is 0.292 e. The van der Waals surface area contributed by atoms with Crippen LogP contribution in [0.1, 0.15) is 0 Å². The Morgan fingerprint density at radius 2 is 1.92 bits per heavy atom. The average molecular weight is 349 g/mol. The zero-order valence-corrected chi connectivity index (χ0v) is 13.9. The van der Waals surface area contributed by atoms with Gasteiger partial charge in [0.15, 0.2) is 6.54 Å². The highest BCUT2D eigenvalue weighted by Crippen LogP contribution is 2.21. The zero-order chi connectivity index (χ0) is 17.1. The van der Waals surface area contributed by atoms with Crippen molar-refractivity contribution in [1.29, 1.82) is 0 Å². The number of carbonyl (C=O) groups is 1. The van der Waals surface area contributed by atoms with Gasteiger partial charge in [-0.2, -0.15) is 9.78 Å². The van der Waals surface area contributed by atoms with Crippen LogP contribution in [0.3, 0.4) is 0 Å². The molecule has 0 radical (unpaired) electrons. The first kappa shape index (κ1) is 16.5. The van der Waals surface area contributed by atoms with Gasteiger partial charge >= 0.3 is 0 Å². The molecule has 1 amide bonds. The number of halogens is 1. The molecule has 3 N–H and O–H groups in total. The number of carbonyl (C=O) groups excluding carboxylic acids is 1. The monoisotopic (exact) mass is 348 g/mol. The van der Waals surface area contributed by atoms with E-state index in [0.717, 1.165) is 18.0 Å². The molecule has 3 rings (SSSR count). The Bertz CT molecular complexity index is 785. The highest BCUT2D eigenvalue weighted by atomic mass is 35.5. The number of anilines is 1. The van der Waals surface area contributed by atoms with E-state index in [1.54, 1.807) is 18.3 Å². The summed E-state index contributed by atoms with van der Waals surface area (Å²) in [4.78, 5) is 26.7. The number of primary amides is 1. The van der Waals surface area contributed by atoms with Crippen LogP contribution in [0, 0.1) is 0 Å². The molecule has 0 atom stereocenters. The Kier molecular flexibility index (Phi) is 4.82. The first-order valence-electron chi connectivity index (χ1n) is 7.76. The summed E-state index contributed by atoms with van der Waals surface area (Å²) in [5, 5.41) is 4.41. The van der Waals surface area contributed by atoms with E-state index in [1.165, 1.54) is 4.68 Å². The minimum absolute atomic E-state index is 0.159. The molecule has 0 aliphatic carbocycles. The van der Waals surface area contributed by atoms with Gasteiger partial charge in [0.2, 0.25) is 0 Å². The van der Waals surface area contributed by atoms with Gasteiger partial charge in [-0.3, -0.25) is 9.59 Å². The van der Waals surface area contributed by atoms with Gasteiger partial charge in [0, 0.05) is 0 Å². The summed E-state index contributed by atoms with van der Waals surface area (Å²) in [7, 11) is 0. The van der Waals surface area contributed by atoms with Crippen molar-refractivity contribution in [2.45, 2.75) is 0 Å². The zero-order valence-electron chi connectivity index (χ0n) is 13.1. The summed E-state index contributed by atoms with van der Waals surface area (Å²) in [6.07, 6.45) is 1.62. The molecule has 0 bridgehead atoms. The largest absolute Gasteiger partial charge is 0.365 e. The van der Waals surface area contributed by atoms with Crippen LogP contribution in [0.2, 0.25) is 5.02 Å². The Morgan fingerprint density at radius 1 is 1.25 bits per heavy atom. The number of nitrogens with zero attached hydrogens (tertiary/aromatic N) is 3. The lowest BCUT2D eigenvalue weighted by atomic mass is 10.2. The SMILES string of the molecule is NC(=O)C[NH+]1CCN(c2cnn(-c3ccccc3)c(=O)c2Cl)CC1. The van der Waals surface area contributed by atoms with Gasteiger partial charge in [-0.1, -0.05) is 29.8 Å². The van der Waals surface area contributed by atoms with Crippen LogP contribution in [0.5, 0.6) is 0 Å². The molecular formula is C16H19ClN5O2+. The number of nitrogens with two attached hydrogens (primary N) is 1. The van der Waals surface area contributed by atoms with Crippen molar-refractivity contribution in [2.75, 3.05) is 37.6 Å². The number of piperazine rings is 1. The lowest BCUT2D eigenvalue weighted by Gasteiger charge is -2.33. The topological polar surface area (TPSA) is 85.7 Å². The van der Waals surface area contributed by atoms with E-state index >= 15 is 0 Å².